The summed E-state index contributed by atoms with van der Waals surface area (Å²) in [5.41, 5.74) is -3.58. The number of pyridine rings is 1. The quantitative estimate of drug-likeness (QED) is 0.657. The van der Waals surface area contributed by atoms with Gasteiger partial charge in [0.15, 0.2) is 0 Å². The molecule has 1 aliphatic heterocycles. The van der Waals surface area contributed by atoms with E-state index in [1.165, 1.54) is 24.4 Å². The van der Waals surface area contributed by atoms with Crippen molar-refractivity contribution in [3.05, 3.63) is 54.5 Å². The van der Waals surface area contributed by atoms with Gasteiger partial charge in [-0.2, -0.15) is 13.2 Å². The van der Waals surface area contributed by atoms with E-state index in [0.29, 0.717) is 4.90 Å². The summed E-state index contributed by atoms with van der Waals surface area (Å²) in [6.07, 6.45) is -3.93. The van der Waals surface area contributed by atoms with Crippen molar-refractivity contribution >= 4 is 23.4 Å². The molecule has 0 saturated carbocycles. The summed E-state index contributed by atoms with van der Waals surface area (Å²) in [6, 6.07) is 6.72. The molecule has 0 aliphatic carbocycles. The number of halogens is 4. The van der Waals surface area contributed by atoms with E-state index in [-0.39, 0.29) is 11.5 Å². The molecule has 1 aromatic heterocycles. The average molecular weight is 354 g/mol. The van der Waals surface area contributed by atoms with E-state index in [2.05, 4.69) is 4.98 Å². The lowest BCUT2D eigenvalue weighted by molar-refractivity contribution is -0.185. The summed E-state index contributed by atoms with van der Waals surface area (Å²) in [7, 11) is 0. The largest absolute Gasteiger partial charge is 0.440 e. The fourth-order valence-electron chi connectivity index (χ4n) is 2.33. The highest BCUT2D eigenvalue weighted by Gasteiger charge is 2.68. The monoisotopic (exact) mass is 354 g/mol. The van der Waals surface area contributed by atoms with Crippen molar-refractivity contribution in [1.82, 2.24) is 10.3 Å². The van der Waals surface area contributed by atoms with Gasteiger partial charge in [0.2, 0.25) is 0 Å². The number of aromatic nitrogens is 1. The molecule has 2 N–H and O–H groups in total. The lowest BCUT2D eigenvalue weighted by Crippen LogP contribution is -2.64. The van der Waals surface area contributed by atoms with Gasteiger partial charge in [-0.15, -0.1) is 0 Å². The minimum atomic E-state index is -5.16. The molecule has 1 saturated heterocycles. The number of anilines is 2. The van der Waals surface area contributed by atoms with Crippen molar-refractivity contribution in [2.24, 2.45) is 0 Å². The van der Waals surface area contributed by atoms with Crippen molar-refractivity contribution in [3.8, 4) is 0 Å². The number of rotatable bonds is 3. The minimum absolute atomic E-state index is 0.196. The maximum absolute atomic E-state index is 13.7. The van der Waals surface area contributed by atoms with Crippen molar-refractivity contribution in [1.29, 1.82) is 0 Å². The fourth-order valence-corrected chi connectivity index (χ4v) is 2.33. The first-order valence-electron chi connectivity index (χ1n) is 6.93. The number of carbonyl (C=O) groups is 2. The number of benzene rings is 1. The van der Waals surface area contributed by atoms with Crippen molar-refractivity contribution in [3.63, 3.8) is 0 Å². The Morgan fingerprint density at radius 1 is 1.08 bits per heavy atom. The van der Waals surface area contributed by atoms with Crippen LogP contribution in [0.3, 0.4) is 0 Å². The Bertz CT molecular complexity index is 811. The number of hydrogen-bond acceptors (Lipinski definition) is 4. The van der Waals surface area contributed by atoms with Crippen LogP contribution in [-0.2, 0) is 4.79 Å². The number of imide groups is 1. The summed E-state index contributed by atoms with van der Waals surface area (Å²) >= 11 is 0. The van der Waals surface area contributed by atoms with E-state index < -0.39 is 29.6 Å². The van der Waals surface area contributed by atoms with Gasteiger partial charge in [-0.1, -0.05) is 6.07 Å². The van der Waals surface area contributed by atoms with E-state index in [0.717, 1.165) is 24.3 Å². The van der Waals surface area contributed by atoms with Crippen LogP contribution in [0.25, 0.3) is 0 Å². The Labute approximate surface area is 138 Å². The lowest BCUT2D eigenvalue weighted by Gasteiger charge is -2.30. The molecule has 2 heterocycles. The first kappa shape index (κ1) is 16.7. The van der Waals surface area contributed by atoms with Gasteiger partial charge in [0.25, 0.3) is 11.6 Å². The fraction of sp³-hybridized carbons (Fsp3) is 0.133. The Balaban J connectivity index is 2.04. The molecule has 0 spiro atoms. The highest BCUT2D eigenvalue weighted by atomic mass is 19.4. The third-order valence-corrected chi connectivity index (χ3v) is 3.51. The van der Waals surface area contributed by atoms with Crippen LogP contribution < -0.4 is 15.5 Å². The molecule has 3 rings (SSSR count). The van der Waals surface area contributed by atoms with Gasteiger partial charge < -0.3 is 5.32 Å². The number of amides is 3. The van der Waals surface area contributed by atoms with Crippen molar-refractivity contribution in [2.45, 2.75) is 11.8 Å². The van der Waals surface area contributed by atoms with Gasteiger partial charge in [0.05, 0.1) is 5.69 Å². The number of hydrogen-bond donors (Lipinski definition) is 2. The number of carbonyl (C=O) groups excluding carboxylic acids is 2. The lowest BCUT2D eigenvalue weighted by atomic mass is 10.1. The second-order valence-electron chi connectivity index (χ2n) is 5.13. The van der Waals surface area contributed by atoms with E-state index in [1.54, 1.807) is 5.32 Å². The van der Waals surface area contributed by atoms with Gasteiger partial charge in [-0.05, 0) is 36.4 Å². The zero-order chi connectivity index (χ0) is 18.2. The van der Waals surface area contributed by atoms with Crippen LogP contribution in [0, 0.1) is 5.82 Å². The van der Waals surface area contributed by atoms with Crippen LogP contribution in [0.1, 0.15) is 0 Å². The summed E-state index contributed by atoms with van der Waals surface area (Å²) < 4.78 is 54.0. The molecule has 130 valence electrons. The van der Waals surface area contributed by atoms with Crippen LogP contribution >= 0.6 is 0 Å². The third kappa shape index (κ3) is 2.75. The molecule has 1 aromatic carbocycles. The van der Waals surface area contributed by atoms with Gasteiger partial charge in [0, 0.05) is 6.20 Å². The topological polar surface area (TPSA) is 74.3 Å². The summed E-state index contributed by atoms with van der Waals surface area (Å²) in [5, 5.41) is 3.59. The van der Waals surface area contributed by atoms with Crippen molar-refractivity contribution < 1.29 is 27.2 Å². The molecule has 6 nitrogen and oxygen atoms in total. The number of urea groups is 1. The predicted molar refractivity (Wildman–Crippen MR) is 79.1 cm³/mol. The average Bonchev–Trinajstić information content (AvgIpc) is 2.81. The molecule has 3 amide bonds. The zero-order valence-corrected chi connectivity index (χ0v) is 12.3. The van der Waals surface area contributed by atoms with Gasteiger partial charge >= 0.3 is 12.2 Å². The molecule has 2 aromatic rings. The van der Waals surface area contributed by atoms with Gasteiger partial charge in [-0.3, -0.25) is 10.1 Å². The SMILES string of the molecule is O=C1N[C@](Nc2ccccn2)(C(F)(F)F)C(=O)N1c1ccc(F)cc1. The molecule has 0 bridgehead atoms. The van der Waals surface area contributed by atoms with Crippen LogP contribution in [0.15, 0.2) is 48.7 Å². The zero-order valence-electron chi connectivity index (χ0n) is 12.3. The first-order valence-corrected chi connectivity index (χ1v) is 6.93. The van der Waals surface area contributed by atoms with Crippen LogP contribution in [0.5, 0.6) is 0 Å². The second kappa shape index (κ2) is 5.72. The van der Waals surface area contributed by atoms with E-state index >= 15 is 0 Å². The van der Waals surface area contributed by atoms with Crippen molar-refractivity contribution in [2.75, 3.05) is 10.2 Å². The Morgan fingerprint density at radius 2 is 1.76 bits per heavy atom. The third-order valence-electron chi connectivity index (χ3n) is 3.51. The van der Waals surface area contributed by atoms with Crippen LogP contribution in [0.4, 0.5) is 33.9 Å². The molecule has 1 atom stereocenters. The molecule has 1 aliphatic rings. The molecular formula is C15H10F4N4O2. The molecule has 0 radical (unpaired) electrons. The minimum Gasteiger partial charge on any atom is -0.332 e. The second-order valence-corrected chi connectivity index (χ2v) is 5.13. The first-order chi connectivity index (χ1) is 11.7. The van der Waals surface area contributed by atoms with Gasteiger partial charge in [-0.25, -0.2) is 19.1 Å². The molecule has 10 heteroatoms. The van der Waals surface area contributed by atoms with Crippen LogP contribution in [-0.4, -0.2) is 28.8 Å². The highest BCUT2D eigenvalue weighted by molar-refractivity contribution is 6.24. The Morgan fingerprint density at radius 3 is 2.32 bits per heavy atom. The maximum Gasteiger partial charge on any atom is 0.440 e. The van der Waals surface area contributed by atoms with Gasteiger partial charge in [0.1, 0.15) is 11.6 Å². The molecular weight excluding hydrogens is 344 g/mol. The normalized spacial score (nSPS) is 20.6. The highest BCUT2D eigenvalue weighted by Crippen LogP contribution is 2.37. The van der Waals surface area contributed by atoms with Crippen LogP contribution in [0.2, 0.25) is 0 Å². The maximum atomic E-state index is 13.7. The number of nitrogens with zero attached hydrogens (tertiary/aromatic N) is 2. The Kier molecular flexibility index (Phi) is 3.82. The van der Waals surface area contributed by atoms with E-state index in [4.69, 9.17) is 0 Å². The Hall–Kier alpha value is -3.17. The summed E-state index contributed by atoms with van der Waals surface area (Å²) in [5.74, 6) is -2.51. The smallest absolute Gasteiger partial charge is 0.332 e. The summed E-state index contributed by atoms with van der Waals surface area (Å²) in [4.78, 5) is 28.6. The molecule has 0 unspecified atom stereocenters. The number of nitrogens with one attached hydrogen (secondary N) is 2. The predicted octanol–water partition coefficient (Wildman–Crippen LogP) is 2.65. The van der Waals surface area contributed by atoms with E-state index in [1.807, 2.05) is 5.32 Å². The summed E-state index contributed by atoms with van der Waals surface area (Å²) in [6.45, 7) is 0. The molecule has 1 fully saturated rings. The standard InChI is InChI=1S/C15H10F4N4O2/c16-9-4-6-10(7-5-9)23-12(24)14(15(17,18)19,22-13(23)25)21-11-3-1-2-8-20-11/h1-8H,(H,20,21)(H,22,25)/t14-/m0/s1. The van der Waals surface area contributed by atoms with E-state index in [9.17, 15) is 27.2 Å². The molecule has 25 heavy (non-hydrogen) atoms. The number of alkyl halides is 3.